The zero-order chi connectivity index (χ0) is 16.3. The number of thioether (sulfide) groups is 1. The lowest BCUT2D eigenvalue weighted by Crippen LogP contribution is -2.44. The van der Waals surface area contributed by atoms with Crippen molar-refractivity contribution in [3.63, 3.8) is 0 Å². The molecule has 2 rings (SSSR count). The second-order valence-corrected chi connectivity index (χ2v) is 7.70. The van der Waals surface area contributed by atoms with Gasteiger partial charge in [-0.05, 0) is 38.8 Å². The number of nitrogens with one attached hydrogen (secondary N) is 1. The van der Waals surface area contributed by atoms with Crippen molar-refractivity contribution in [1.82, 2.24) is 5.32 Å². The van der Waals surface area contributed by atoms with E-state index in [-0.39, 0.29) is 5.91 Å². The number of hydrogen-bond donors (Lipinski definition) is 1. The summed E-state index contributed by atoms with van der Waals surface area (Å²) in [6.07, 6.45) is 3.06. The van der Waals surface area contributed by atoms with Crippen LogP contribution in [0.4, 0.5) is 0 Å². The first kappa shape index (κ1) is 16.8. The summed E-state index contributed by atoms with van der Waals surface area (Å²) >= 11 is 1.62. The Morgan fingerprint density at radius 3 is 2.77 bits per heavy atom. The van der Waals surface area contributed by atoms with Gasteiger partial charge in [0.1, 0.15) is 0 Å². The van der Waals surface area contributed by atoms with Crippen LogP contribution >= 0.6 is 11.8 Å². The quantitative estimate of drug-likeness (QED) is 0.899. The second kappa shape index (κ2) is 6.69. The fourth-order valence-electron chi connectivity index (χ4n) is 2.11. The van der Waals surface area contributed by atoms with Crippen LogP contribution in [0.25, 0.3) is 6.08 Å². The highest BCUT2D eigenvalue weighted by molar-refractivity contribution is 8.14. The molecule has 0 radical (unpaired) electrons. The minimum atomic E-state index is -0.622. The molecular weight excluding hydrogens is 292 g/mol. The smallest absolute Gasteiger partial charge is 0.237 e. The number of carbonyl (C=O) groups is 1. The molecule has 22 heavy (non-hydrogen) atoms. The predicted molar refractivity (Wildman–Crippen MR) is 95.9 cm³/mol. The summed E-state index contributed by atoms with van der Waals surface area (Å²) in [7, 11) is 0. The van der Waals surface area contributed by atoms with Gasteiger partial charge in [0.15, 0.2) is 5.17 Å². The van der Waals surface area contributed by atoms with Gasteiger partial charge < -0.3 is 5.32 Å². The van der Waals surface area contributed by atoms with Crippen LogP contribution < -0.4 is 5.32 Å². The summed E-state index contributed by atoms with van der Waals surface area (Å²) in [5, 5.41) is 4.07. The molecule has 1 heterocycles. The number of aryl methyl sites for hydroxylation is 1. The topological polar surface area (TPSA) is 41.5 Å². The largest absolute Gasteiger partial charge is 0.304 e. The average molecular weight is 316 g/mol. The minimum absolute atomic E-state index is 0.00667. The van der Waals surface area contributed by atoms with Gasteiger partial charge in [0, 0.05) is 5.25 Å². The van der Waals surface area contributed by atoms with E-state index in [1.165, 1.54) is 5.56 Å². The van der Waals surface area contributed by atoms with Crippen LogP contribution in [0.3, 0.4) is 0 Å². The zero-order valence-corrected chi connectivity index (χ0v) is 14.8. The number of amides is 1. The Balaban J connectivity index is 2.39. The third-order valence-electron chi connectivity index (χ3n) is 3.88. The van der Waals surface area contributed by atoms with Crippen molar-refractivity contribution in [2.45, 2.75) is 46.3 Å². The van der Waals surface area contributed by atoms with Gasteiger partial charge in [-0.25, -0.2) is 4.99 Å². The molecule has 1 amide bonds. The number of benzene rings is 1. The fourth-order valence-corrected chi connectivity index (χ4v) is 2.96. The minimum Gasteiger partial charge on any atom is -0.304 e. The number of carbonyl (C=O) groups excluding carboxylic acids is 1. The van der Waals surface area contributed by atoms with Crippen LogP contribution in [0.2, 0.25) is 0 Å². The molecule has 1 aromatic rings. The van der Waals surface area contributed by atoms with Gasteiger partial charge >= 0.3 is 0 Å². The van der Waals surface area contributed by atoms with Crippen LogP contribution in [-0.4, -0.2) is 16.3 Å². The lowest BCUT2D eigenvalue weighted by atomic mass is 9.86. The van der Waals surface area contributed by atoms with Gasteiger partial charge in [-0.3, -0.25) is 4.79 Å². The highest BCUT2D eigenvalue weighted by Crippen LogP contribution is 2.34. The van der Waals surface area contributed by atoms with Crippen molar-refractivity contribution in [3.8, 4) is 0 Å². The third kappa shape index (κ3) is 3.80. The number of hydrogen-bond acceptors (Lipinski definition) is 3. The van der Waals surface area contributed by atoms with Crippen molar-refractivity contribution in [3.05, 3.63) is 41.1 Å². The Bertz CT molecular complexity index is 632. The monoisotopic (exact) mass is 316 g/mol. The molecule has 1 aliphatic heterocycles. The lowest BCUT2D eigenvalue weighted by Gasteiger charge is -2.30. The van der Waals surface area contributed by atoms with Crippen molar-refractivity contribution in [1.29, 1.82) is 0 Å². The summed E-state index contributed by atoms with van der Waals surface area (Å²) in [4.78, 5) is 17.1. The SMILES string of the molecule is CCC(C)SC1=N/C(=C/c2cccc(C)c2)C(C)(C)C(=O)N1. The van der Waals surface area contributed by atoms with Gasteiger partial charge in [-0.1, -0.05) is 55.4 Å². The van der Waals surface area contributed by atoms with Crippen molar-refractivity contribution in [2.24, 2.45) is 10.4 Å². The molecule has 0 saturated heterocycles. The lowest BCUT2D eigenvalue weighted by molar-refractivity contribution is -0.126. The van der Waals surface area contributed by atoms with E-state index < -0.39 is 5.41 Å². The molecule has 3 nitrogen and oxygen atoms in total. The van der Waals surface area contributed by atoms with Crippen molar-refractivity contribution < 1.29 is 4.79 Å². The molecule has 0 bridgehead atoms. The standard InChI is InChI=1S/C18H24N2OS/c1-6-13(3)22-17-19-15(18(4,5)16(21)20-17)11-14-9-7-8-12(2)10-14/h7-11,13H,6H2,1-5H3,(H,19,20,21)/b15-11+. The Labute approximate surface area is 137 Å². The molecule has 1 unspecified atom stereocenters. The summed E-state index contributed by atoms with van der Waals surface area (Å²) < 4.78 is 0. The first-order valence-corrected chi connectivity index (χ1v) is 8.56. The summed E-state index contributed by atoms with van der Waals surface area (Å²) in [5.74, 6) is 0.00667. The maximum atomic E-state index is 12.4. The number of rotatable bonds is 3. The van der Waals surface area contributed by atoms with Crippen LogP contribution in [0, 0.1) is 12.3 Å². The highest BCUT2D eigenvalue weighted by atomic mass is 32.2. The Morgan fingerprint density at radius 2 is 2.14 bits per heavy atom. The Hall–Kier alpha value is -1.55. The second-order valence-electron chi connectivity index (χ2n) is 6.28. The Morgan fingerprint density at radius 1 is 1.41 bits per heavy atom. The van der Waals surface area contributed by atoms with Crippen LogP contribution in [-0.2, 0) is 4.79 Å². The zero-order valence-electron chi connectivity index (χ0n) is 13.9. The van der Waals surface area contributed by atoms with Gasteiger partial charge in [0.25, 0.3) is 0 Å². The van der Waals surface area contributed by atoms with Crippen molar-refractivity contribution in [2.75, 3.05) is 0 Å². The normalized spacial score (nSPS) is 20.5. The molecule has 1 atom stereocenters. The van der Waals surface area contributed by atoms with Gasteiger partial charge in [-0.2, -0.15) is 0 Å². The average Bonchev–Trinajstić information content (AvgIpc) is 2.44. The first-order chi connectivity index (χ1) is 10.3. The van der Waals surface area contributed by atoms with E-state index in [1.807, 2.05) is 32.1 Å². The van der Waals surface area contributed by atoms with E-state index in [0.29, 0.717) is 10.4 Å². The molecule has 4 heteroatoms. The first-order valence-electron chi connectivity index (χ1n) is 7.68. The molecule has 0 spiro atoms. The van der Waals surface area contributed by atoms with Gasteiger partial charge in [0.2, 0.25) is 5.91 Å². The van der Waals surface area contributed by atoms with E-state index in [2.05, 4.69) is 38.2 Å². The fraction of sp³-hybridized carbons (Fsp3) is 0.444. The van der Waals surface area contributed by atoms with E-state index in [0.717, 1.165) is 17.7 Å². The molecule has 0 aromatic heterocycles. The molecule has 118 valence electrons. The molecule has 1 aliphatic rings. The van der Waals surface area contributed by atoms with E-state index in [4.69, 9.17) is 4.99 Å². The molecular formula is C18H24N2OS. The third-order valence-corrected chi connectivity index (χ3v) is 5.04. The maximum absolute atomic E-state index is 12.4. The summed E-state index contributed by atoms with van der Waals surface area (Å²) in [6.45, 7) is 10.2. The number of amidine groups is 1. The molecule has 1 aromatic carbocycles. The van der Waals surface area contributed by atoms with Crippen LogP contribution in [0.5, 0.6) is 0 Å². The van der Waals surface area contributed by atoms with Gasteiger partial charge in [0.05, 0.1) is 11.1 Å². The van der Waals surface area contributed by atoms with E-state index in [1.54, 1.807) is 11.8 Å². The molecule has 0 fully saturated rings. The van der Waals surface area contributed by atoms with Crippen LogP contribution in [0.15, 0.2) is 35.0 Å². The van der Waals surface area contributed by atoms with E-state index in [9.17, 15) is 4.79 Å². The molecule has 0 saturated carbocycles. The predicted octanol–water partition coefficient (Wildman–Crippen LogP) is 4.38. The summed E-state index contributed by atoms with van der Waals surface area (Å²) in [5.41, 5.74) is 2.47. The number of nitrogens with zero attached hydrogens (tertiary/aromatic N) is 1. The summed E-state index contributed by atoms with van der Waals surface area (Å²) in [6, 6.07) is 8.23. The highest BCUT2D eigenvalue weighted by Gasteiger charge is 2.37. The van der Waals surface area contributed by atoms with Crippen molar-refractivity contribution >= 4 is 28.9 Å². The van der Waals surface area contributed by atoms with Gasteiger partial charge in [-0.15, -0.1) is 0 Å². The number of aliphatic imine (C=N–C) groups is 1. The Kier molecular flexibility index (Phi) is 5.12. The molecule has 0 aliphatic carbocycles. The molecule has 1 N–H and O–H groups in total. The van der Waals surface area contributed by atoms with E-state index >= 15 is 0 Å². The van der Waals surface area contributed by atoms with Crippen LogP contribution in [0.1, 0.15) is 45.2 Å². The maximum Gasteiger partial charge on any atom is 0.237 e.